The van der Waals surface area contributed by atoms with Crippen LogP contribution in [0.3, 0.4) is 0 Å². The van der Waals surface area contributed by atoms with Gasteiger partial charge in [0, 0.05) is 16.1 Å². The van der Waals surface area contributed by atoms with Crippen molar-refractivity contribution in [2.75, 3.05) is 0 Å². The van der Waals surface area contributed by atoms with Crippen LogP contribution in [0.15, 0.2) is 27.3 Å². The van der Waals surface area contributed by atoms with E-state index >= 15 is 0 Å². The maximum Gasteiger partial charge on any atom is 0.168 e. The van der Waals surface area contributed by atoms with E-state index in [1.165, 1.54) is 12.3 Å². The second kappa shape index (κ2) is 3.76. The maximum absolute atomic E-state index is 13.5. The summed E-state index contributed by atoms with van der Waals surface area (Å²) in [6.07, 6.45) is 1.53. The van der Waals surface area contributed by atoms with Crippen molar-refractivity contribution in [3.8, 4) is 0 Å². The van der Waals surface area contributed by atoms with Crippen LogP contribution >= 0.6 is 43.5 Å². The summed E-state index contributed by atoms with van der Waals surface area (Å²) in [4.78, 5) is 3.97. The minimum absolute atomic E-state index is 0.0826. The lowest BCUT2D eigenvalue weighted by atomic mass is 10.2. The lowest BCUT2D eigenvalue weighted by Crippen LogP contribution is -1.87. The molecule has 1 aromatic heterocycles. The number of benzene rings is 1. The van der Waals surface area contributed by atoms with Crippen LogP contribution < -0.4 is 0 Å². The van der Waals surface area contributed by atoms with Gasteiger partial charge in [-0.1, -0.05) is 11.6 Å². The quantitative estimate of drug-likeness (QED) is 0.686. The van der Waals surface area contributed by atoms with E-state index in [0.717, 1.165) is 8.95 Å². The third-order valence-corrected chi connectivity index (χ3v) is 4.10. The monoisotopic (exact) mass is 337 g/mol. The molecule has 0 saturated heterocycles. The Hall–Kier alpha value is -0.190. The van der Waals surface area contributed by atoms with Crippen LogP contribution in [-0.2, 0) is 0 Å². The fourth-order valence-electron chi connectivity index (χ4n) is 1.15. The molecule has 2 aromatic rings. The highest BCUT2D eigenvalue weighted by molar-refractivity contribution is 9.13. The lowest BCUT2D eigenvalue weighted by molar-refractivity contribution is 0.637. The van der Waals surface area contributed by atoms with Crippen LogP contribution in [-0.4, -0.2) is 4.98 Å². The third kappa shape index (κ3) is 1.55. The van der Waals surface area contributed by atoms with Crippen molar-refractivity contribution in [3.05, 3.63) is 38.1 Å². The van der Waals surface area contributed by atoms with Crippen molar-refractivity contribution in [3.63, 3.8) is 0 Å². The van der Waals surface area contributed by atoms with E-state index in [1.807, 2.05) is 0 Å². The molecule has 14 heavy (non-hydrogen) atoms. The topological polar surface area (TPSA) is 12.9 Å². The number of hydrogen-bond donors (Lipinski definition) is 0. The molecule has 5 heteroatoms. The summed E-state index contributed by atoms with van der Waals surface area (Å²) in [5.41, 5.74) is 0.271. The van der Waals surface area contributed by atoms with Gasteiger partial charge in [-0.15, -0.1) is 0 Å². The Balaban J connectivity index is 2.94. The van der Waals surface area contributed by atoms with E-state index < -0.39 is 5.82 Å². The molecule has 0 amide bonds. The second-order valence-electron chi connectivity index (χ2n) is 2.68. The van der Waals surface area contributed by atoms with Crippen molar-refractivity contribution in [1.82, 2.24) is 4.98 Å². The van der Waals surface area contributed by atoms with Crippen LogP contribution in [0.2, 0.25) is 5.02 Å². The minimum atomic E-state index is -0.489. The van der Waals surface area contributed by atoms with Gasteiger partial charge in [0.05, 0.1) is 9.50 Å². The highest BCUT2D eigenvalue weighted by Crippen LogP contribution is 2.32. The summed E-state index contributed by atoms with van der Waals surface area (Å²) in [7, 11) is 0. The SMILES string of the molecule is Fc1c(Cl)ccc2c(Br)c(Br)cnc12. The molecule has 2 rings (SSSR count). The number of rotatable bonds is 0. The molecule has 0 aliphatic rings. The average molecular weight is 339 g/mol. The van der Waals surface area contributed by atoms with Gasteiger partial charge >= 0.3 is 0 Å². The van der Waals surface area contributed by atoms with E-state index in [-0.39, 0.29) is 10.5 Å². The Kier molecular flexibility index (Phi) is 2.77. The van der Waals surface area contributed by atoms with Gasteiger partial charge in [-0.2, -0.15) is 0 Å². The van der Waals surface area contributed by atoms with E-state index in [9.17, 15) is 4.39 Å². The van der Waals surface area contributed by atoms with Gasteiger partial charge in [0.15, 0.2) is 5.82 Å². The lowest BCUT2D eigenvalue weighted by Gasteiger charge is -2.03. The van der Waals surface area contributed by atoms with Crippen molar-refractivity contribution < 1.29 is 4.39 Å². The first-order valence-corrected chi connectivity index (χ1v) is 5.65. The second-order valence-corrected chi connectivity index (χ2v) is 4.73. The minimum Gasteiger partial charge on any atom is -0.252 e. The first kappa shape index (κ1) is 10.3. The molecule has 0 aliphatic heterocycles. The first-order valence-electron chi connectivity index (χ1n) is 3.69. The molecule has 0 fully saturated rings. The number of hydrogen-bond acceptors (Lipinski definition) is 1. The summed E-state index contributed by atoms with van der Waals surface area (Å²) in [5.74, 6) is -0.489. The molecule has 0 atom stereocenters. The molecule has 0 aliphatic carbocycles. The third-order valence-electron chi connectivity index (χ3n) is 1.82. The summed E-state index contributed by atoms with van der Waals surface area (Å²) < 4.78 is 15.0. The molecule has 0 unspecified atom stereocenters. The van der Waals surface area contributed by atoms with Crippen LogP contribution in [0.5, 0.6) is 0 Å². The molecule has 0 N–H and O–H groups in total. The molecule has 0 bridgehead atoms. The number of pyridine rings is 1. The number of halogens is 4. The molecular formula is C9H3Br2ClFN. The Morgan fingerprint density at radius 3 is 2.71 bits per heavy atom. The normalized spacial score (nSPS) is 10.9. The maximum atomic E-state index is 13.5. The smallest absolute Gasteiger partial charge is 0.168 e. The predicted molar refractivity (Wildman–Crippen MR) is 62.1 cm³/mol. The highest BCUT2D eigenvalue weighted by Gasteiger charge is 2.10. The van der Waals surface area contributed by atoms with Crippen molar-refractivity contribution in [1.29, 1.82) is 0 Å². The highest BCUT2D eigenvalue weighted by atomic mass is 79.9. The molecule has 1 nitrogen and oxygen atoms in total. The Labute approximate surface area is 102 Å². The zero-order valence-electron chi connectivity index (χ0n) is 6.69. The van der Waals surface area contributed by atoms with Gasteiger partial charge in [-0.25, -0.2) is 4.39 Å². The number of nitrogens with zero attached hydrogens (tertiary/aromatic N) is 1. The molecule has 0 saturated carbocycles. The fraction of sp³-hybridized carbons (Fsp3) is 0. The van der Waals surface area contributed by atoms with Gasteiger partial charge < -0.3 is 0 Å². The van der Waals surface area contributed by atoms with E-state index in [4.69, 9.17) is 11.6 Å². The summed E-state index contributed by atoms with van der Waals surface area (Å²) in [6.45, 7) is 0. The van der Waals surface area contributed by atoms with E-state index in [0.29, 0.717) is 5.39 Å². The summed E-state index contributed by atoms with van der Waals surface area (Å²) >= 11 is 12.3. The van der Waals surface area contributed by atoms with Gasteiger partial charge in [0.2, 0.25) is 0 Å². The Bertz CT molecular complexity index is 468. The summed E-state index contributed by atoms with van der Waals surface area (Å²) in [5, 5.41) is 0.778. The summed E-state index contributed by atoms with van der Waals surface area (Å²) in [6, 6.07) is 3.24. The molecule has 72 valence electrons. The van der Waals surface area contributed by atoms with Crippen molar-refractivity contribution in [2.45, 2.75) is 0 Å². The fourth-order valence-corrected chi connectivity index (χ4v) is 2.04. The molecule has 0 radical (unpaired) electrons. The molecular weight excluding hydrogens is 336 g/mol. The predicted octanol–water partition coefficient (Wildman–Crippen LogP) is 4.55. The van der Waals surface area contributed by atoms with Crippen molar-refractivity contribution in [2.24, 2.45) is 0 Å². The largest absolute Gasteiger partial charge is 0.252 e. The van der Waals surface area contributed by atoms with Crippen LogP contribution in [0.1, 0.15) is 0 Å². The van der Waals surface area contributed by atoms with Gasteiger partial charge in [0.25, 0.3) is 0 Å². The zero-order chi connectivity index (χ0) is 10.3. The standard InChI is InChI=1S/C9H3Br2ClFN/c10-5-3-14-9-4(7(5)11)1-2-6(12)8(9)13/h1-3H. The zero-order valence-corrected chi connectivity index (χ0v) is 10.6. The molecule has 1 aromatic carbocycles. The molecule has 1 heterocycles. The average Bonchev–Trinajstić information content (AvgIpc) is 2.17. The van der Waals surface area contributed by atoms with Crippen LogP contribution in [0, 0.1) is 5.82 Å². The molecule has 0 spiro atoms. The van der Waals surface area contributed by atoms with E-state index in [2.05, 4.69) is 36.8 Å². The van der Waals surface area contributed by atoms with Gasteiger partial charge in [0.1, 0.15) is 5.52 Å². The first-order chi connectivity index (χ1) is 6.61. The van der Waals surface area contributed by atoms with Gasteiger partial charge in [-0.3, -0.25) is 4.98 Å². The van der Waals surface area contributed by atoms with Crippen molar-refractivity contribution >= 4 is 54.4 Å². The van der Waals surface area contributed by atoms with Crippen LogP contribution in [0.4, 0.5) is 4.39 Å². The van der Waals surface area contributed by atoms with E-state index in [1.54, 1.807) is 6.07 Å². The van der Waals surface area contributed by atoms with Crippen LogP contribution in [0.25, 0.3) is 10.9 Å². The van der Waals surface area contributed by atoms with Gasteiger partial charge in [-0.05, 0) is 44.0 Å². The Morgan fingerprint density at radius 1 is 1.29 bits per heavy atom. The number of aromatic nitrogens is 1. The Morgan fingerprint density at radius 2 is 2.00 bits per heavy atom. The number of fused-ring (bicyclic) bond motifs is 1.